The molecule has 0 saturated carbocycles. The van der Waals surface area contributed by atoms with E-state index in [0.717, 1.165) is 11.2 Å². The summed E-state index contributed by atoms with van der Waals surface area (Å²) in [5.74, 6) is -0.0346. The van der Waals surface area contributed by atoms with E-state index >= 15 is 0 Å². The molecule has 0 N–H and O–H groups in total. The predicted octanol–water partition coefficient (Wildman–Crippen LogP) is 3.12. The quantitative estimate of drug-likeness (QED) is 0.582. The third-order valence-electron chi connectivity index (χ3n) is 3.18. The summed E-state index contributed by atoms with van der Waals surface area (Å²) in [5.41, 5.74) is 2.22. The smallest absolute Gasteiger partial charge is 0.321 e. The number of aromatic nitrogens is 5. The molecular weight excluding hydrogens is 297 g/mol. The van der Waals surface area contributed by atoms with Gasteiger partial charge in [-0.25, -0.2) is 23.9 Å². The van der Waals surface area contributed by atoms with Crippen LogP contribution in [0.4, 0.5) is 4.39 Å². The minimum atomic E-state index is -0.378. The molecule has 0 aliphatic carbocycles. The first-order valence-electron chi connectivity index (χ1n) is 6.84. The molecule has 0 bridgehead atoms. The van der Waals surface area contributed by atoms with E-state index in [1.165, 1.54) is 12.1 Å². The third kappa shape index (κ3) is 2.71. The zero-order valence-electron chi connectivity index (χ0n) is 11.8. The Labute approximate surface area is 130 Å². The van der Waals surface area contributed by atoms with Crippen molar-refractivity contribution < 1.29 is 9.13 Å². The van der Waals surface area contributed by atoms with Crippen molar-refractivity contribution >= 4 is 5.65 Å². The number of benzene rings is 1. The highest BCUT2D eigenvalue weighted by atomic mass is 19.1. The highest BCUT2D eigenvalue weighted by Crippen LogP contribution is 2.20. The fraction of sp³-hybridized carbons (Fsp3) is 0. The van der Waals surface area contributed by atoms with E-state index in [1.807, 2.05) is 12.1 Å². The molecule has 0 unspecified atom stereocenters. The van der Waals surface area contributed by atoms with E-state index in [9.17, 15) is 4.39 Å². The molecule has 23 heavy (non-hydrogen) atoms. The summed E-state index contributed by atoms with van der Waals surface area (Å²) < 4.78 is 20.2. The van der Waals surface area contributed by atoms with Gasteiger partial charge in [-0.2, -0.15) is 5.10 Å². The minimum absolute atomic E-state index is 0.142. The number of imidazole rings is 1. The molecule has 0 saturated heterocycles. The number of hydrogen-bond donors (Lipinski definition) is 0. The zero-order valence-corrected chi connectivity index (χ0v) is 11.8. The molecule has 4 rings (SSSR count). The second-order valence-corrected chi connectivity index (χ2v) is 4.76. The molecule has 7 heteroatoms. The van der Waals surface area contributed by atoms with E-state index in [1.54, 1.807) is 41.4 Å². The standard InChI is InChI=1S/C16H10FN5O/c17-12-2-1-3-13(8-12)23-16-19-9-11(10-20-16)14-4-5-15-18-6-7-22(15)21-14/h1-10H. The van der Waals surface area contributed by atoms with Crippen LogP contribution in [-0.4, -0.2) is 24.6 Å². The first kappa shape index (κ1) is 13.3. The molecule has 3 aromatic heterocycles. The van der Waals surface area contributed by atoms with Gasteiger partial charge in [0.2, 0.25) is 0 Å². The number of halogens is 1. The highest BCUT2D eigenvalue weighted by molar-refractivity contribution is 5.58. The largest absolute Gasteiger partial charge is 0.424 e. The van der Waals surface area contributed by atoms with Crippen molar-refractivity contribution in [1.82, 2.24) is 24.6 Å². The zero-order chi connectivity index (χ0) is 15.6. The van der Waals surface area contributed by atoms with Crippen LogP contribution in [0.3, 0.4) is 0 Å². The van der Waals surface area contributed by atoms with Crippen LogP contribution < -0.4 is 4.74 Å². The van der Waals surface area contributed by atoms with Gasteiger partial charge in [0.15, 0.2) is 5.65 Å². The van der Waals surface area contributed by atoms with Crippen LogP contribution in [0.5, 0.6) is 11.8 Å². The Hall–Kier alpha value is -3.35. The van der Waals surface area contributed by atoms with Crippen LogP contribution in [0, 0.1) is 5.82 Å². The average Bonchev–Trinajstić information content (AvgIpc) is 3.03. The highest BCUT2D eigenvalue weighted by Gasteiger charge is 2.06. The van der Waals surface area contributed by atoms with Crippen LogP contribution in [0.2, 0.25) is 0 Å². The van der Waals surface area contributed by atoms with Crippen LogP contribution in [0.1, 0.15) is 0 Å². The van der Waals surface area contributed by atoms with E-state index < -0.39 is 0 Å². The Morgan fingerprint density at radius 3 is 2.70 bits per heavy atom. The number of rotatable bonds is 3. The Morgan fingerprint density at radius 1 is 1.00 bits per heavy atom. The van der Waals surface area contributed by atoms with Gasteiger partial charge in [-0.3, -0.25) is 0 Å². The van der Waals surface area contributed by atoms with Gasteiger partial charge in [0, 0.05) is 36.4 Å². The lowest BCUT2D eigenvalue weighted by Gasteiger charge is -2.05. The third-order valence-corrected chi connectivity index (χ3v) is 3.18. The SMILES string of the molecule is Fc1cccc(Oc2ncc(-c3ccc4nccn4n3)cn2)c1. The molecule has 0 radical (unpaired) electrons. The van der Waals surface area contributed by atoms with Crippen molar-refractivity contribution in [3.05, 3.63) is 67.0 Å². The summed E-state index contributed by atoms with van der Waals surface area (Å²) in [4.78, 5) is 12.4. The van der Waals surface area contributed by atoms with Crippen molar-refractivity contribution in [2.75, 3.05) is 0 Å². The van der Waals surface area contributed by atoms with Crippen molar-refractivity contribution in [1.29, 1.82) is 0 Å². The van der Waals surface area contributed by atoms with Gasteiger partial charge in [0.1, 0.15) is 11.6 Å². The second kappa shape index (κ2) is 5.45. The van der Waals surface area contributed by atoms with Gasteiger partial charge in [0.05, 0.1) is 5.69 Å². The Balaban J connectivity index is 1.59. The van der Waals surface area contributed by atoms with Gasteiger partial charge < -0.3 is 4.74 Å². The summed E-state index contributed by atoms with van der Waals surface area (Å²) in [6.07, 6.45) is 6.65. The maximum atomic E-state index is 13.1. The molecule has 0 fully saturated rings. The molecule has 0 spiro atoms. The molecule has 1 aromatic carbocycles. The van der Waals surface area contributed by atoms with E-state index in [-0.39, 0.29) is 11.8 Å². The van der Waals surface area contributed by atoms with Crippen molar-refractivity contribution in [3.63, 3.8) is 0 Å². The fourth-order valence-electron chi connectivity index (χ4n) is 2.11. The lowest BCUT2D eigenvalue weighted by Crippen LogP contribution is -1.96. The van der Waals surface area contributed by atoms with Gasteiger partial charge in [-0.15, -0.1) is 0 Å². The topological polar surface area (TPSA) is 65.2 Å². The maximum absolute atomic E-state index is 13.1. The Bertz CT molecular complexity index is 968. The van der Waals surface area contributed by atoms with E-state index in [2.05, 4.69) is 20.1 Å². The summed E-state index contributed by atoms with van der Waals surface area (Å²) in [6, 6.07) is 9.65. The lowest BCUT2D eigenvalue weighted by atomic mass is 10.2. The van der Waals surface area contributed by atoms with Crippen molar-refractivity contribution in [2.45, 2.75) is 0 Å². The van der Waals surface area contributed by atoms with Gasteiger partial charge in [-0.05, 0) is 24.3 Å². The summed E-state index contributed by atoms with van der Waals surface area (Å²) in [5, 5.41) is 4.41. The first-order valence-corrected chi connectivity index (χ1v) is 6.84. The monoisotopic (exact) mass is 307 g/mol. The van der Waals surface area contributed by atoms with Gasteiger partial charge in [-0.1, -0.05) is 6.07 Å². The number of ether oxygens (including phenoxy) is 1. The predicted molar refractivity (Wildman–Crippen MR) is 80.5 cm³/mol. The van der Waals surface area contributed by atoms with Gasteiger partial charge >= 0.3 is 6.01 Å². The summed E-state index contributed by atoms with van der Waals surface area (Å²) >= 11 is 0. The molecule has 112 valence electrons. The van der Waals surface area contributed by atoms with Crippen LogP contribution in [0.15, 0.2) is 61.2 Å². The molecular formula is C16H10FN5O. The first-order chi connectivity index (χ1) is 11.3. The fourth-order valence-corrected chi connectivity index (χ4v) is 2.11. The van der Waals surface area contributed by atoms with Gasteiger partial charge in [0.25, 0.3) is 0 Å². The normalized spacial score (nSPS) is 10.8. The van der Waals surface area contributed by atoms with Crippen LogP contribution >= 0.6 is 0 Å². The van der Waals surface area contributed by atoms with E-state index in [4.69, 9.17) is 4.74 Å². The van der Waals surface area contributed by atoms with Crippen molar-refractivity contribution in [3.8, 4) is 23.0 Å². The second-order valence-electron chi connectivity index (χ2n) is 4.76. The van der Waals surface area contributed by atoms with Crippen molar-refractivity contribution in [2.24, 2.45) is 0 Å². The number of fused-ring (bicyclic) bond motifs is 1. The molecule has 6 nitrogen and oxygen atoms in total. The van der Waals surface area contributed by atoms with Crippen LogP contribution in [-0.2, 0) is 0 Å². The molecule has 0 aliphatic heterocycles. The summed E-state index contributed by atoms with van der Waals surface area (Å²) in [7, 11) is 0. The number of hydrogen-bond acceptors (Lipinski definition) is 5. The molecule has 3 heterocycles. The molecule has 0 amide bonds. The lowest BCUT2D eigenvalue weighted by molar-refractivity contribution is 0.438. The minimum Gasteiger partial charge on any atom is -0.424 e. The van der Waals surface area contributed by atoms with E-state index in [0.29, 0.717) is 11.4 Å². The maximum Gasteiger partial charge on any atom is 0.321 e. The molecule has 0 atom stereocenters. The average molecular weight is 307 g/mol. The summed E-state index contributed by atoms with van der Waals surface area (Å²) in [6.45, 7) is 0. The molecule has 4 aromatic rings. The molecule has 0 aliphatic rings. The number of nitrogens with zero attached hydrogens (tertiary/aromatic N) is 5. The Morgan fingerprint density at radius 2 is 1.87 bits per heavy atom. The van der Waals surface area contributed by atoms with Crippen LogP contribution in [0.25, 0.3) is 16.9 Å². The Kier molecular flexibility index (Phi) is 3.16.